The molecule has 2 rings (SSSR count). The van der Waals surface area contributed by atoms with E-state index in [4.69, 9.17) is 5.73 Å². The van der Waals surface area contributed by atoms with E-state index in [1.807, 2.05) is 0 Å². The molecular formula is C12H18N2O4S2. The van der Waals surface area contributed by atoms with Crippen molar-refractivity contribution in [3.63, 3.8) is 0 Å². The molecule has 0 bridgehead atoms. The van der Waals surface area contributed by atoms with Crippen molar-refractivity contribution in [3.8, 4) is 0 Å². The molecule has 1 fully saturated rings. The Morgan fingerprint density at radius 3 is 2.65 bits per heavy atom. The Morgan fingerprint density at radius 2 is 2.20 bits per heavy atom. The number of thiophene rings is 1. The Balaban J connectivity index is 2.58. The molecule has 6 nitrogen and oxygen atoms in total. The van der Waals surface area contributed by atoms with Gasteiger partial charge >= 0.3 is 0 Å². The van der Waals surface area contributed by atoms with Crippen LogP contribution in [0.15, 0.2) is 4.90 Å². The molecule has 0 amide bonds. The maximum atomic E-state index is 12.0. The Labute approximate surface area is 122 Å². The topological polar surface area (TPSA) is 101 Å². The highest BCUT2D eigenvalue weighted by Crippen LogP contribution is 2.43. The molecule has 1 unspecified atom stereocenters. The van der Waals surface area contributed by atoms with Crippen LogP contribution >= 0.6 is 11.3 Å². The molecule has 1 aromatic heterocycles. The maximum absolute atomic E-state index is 12.0. The summed E-state index contributed by atoms with van der Waals surface area (Å²) in [5.41, 5.74) is 5.93. The Morgan fingerprint density at radius 1 is 1.55 bits per heavy atom. The van der Waals surface area contributed by atoms with Gasteiger partial charge in [-0.2, -0.15) is 0 Å². The lowest BCUT2D eigenvalue weighted by Crippen LogP contribution is -2.22. The van der Waals surface area contributed by atoms with Crippen LogP contribution in [0.4, 0.5) is 10.7 Å². The Kier molecular flexibility index (Phi) is 4.08. The van der Waals surface area contributed by atoms with E-state index in [9.17, 15) is 18.3 Å². The summed E-state index contributed by atoms with van der Waals surface area (Å²) in [5, 5.41) is 10.1. The Bertz CT molecular complexity index is 636. The van der Waals surface area contributed by atoms with Crippen LogP contribution in [0, 0.1) is 0 Å². The van der Waals surface area contributed by atoms with Gasteiger partial charge in [0.1, 0.15) is 9.90 Å². The zero-order chi connectivity index (χ0) is 15.1. The van der Waals surface area contributed by atoms with E-state index < -0.39 is 15.9 Å². The van der Waals surface area contributed by atoms with E-state index in [0.29, 0.717) is 29.4 Å². The standard InChI is InChI=1S/C12H18N2O4S2/c1-3-8(16)10-9(13)11(20(2,17)18)12(19-10)14-5-4-7(15)6-14/h7,15H,3-6,13H2,1-2H3. The smallest absolute Gasteiger partial charge is 0.180 e. The lowest BCUT2D eigenvalue weighted by atomic mass is 10.2. The normalized spacial score (nSPS) is 19.6. The van der Waals surface area contributed by atoms with Crippen molar-refractivity contribution in [1.29, 1.82) is 0 Å². The first kappa shape index (κ1) is 15.3. The summed E-state index contributed by atoms with van der Waals surface area (Å²) in [7, 11) is -3.53. The van der Waals surface area contributed by atoms with Crippen LogP contribution in [-0.4, -0.2) is 44.8 Å². The van der Waals surface area contributed by atoms with E-state index >= 15 is 0 Å². The van der Waals surface area contributed by atoms with Gasteiger partial charge in [0, 0.05) is 25.8 Å². The van der Waals surface area contributed by atoms with Crippen molar-refractivity contribution in [2.45, 2.75) is 30.8 Å². The van der Waals surface area contributed by atoms with Crippen LogP contribution in [0.25, 0.3) is 0 Å². The van der Waals surface area contributed by atoms with Crippen molar-refractivity contribution in [1.82, 2.24) is 0 Å². The van der Waals surface area contributed by atoms with Crippen LogP contribution in [0.1, 0.15) is 29.4 Å². The summed E-state index contributed by atoms with van der Waals surface area (Å²) >= 11 is 1.11. The number of sulfone groups is 1. The van der Waals surface area contributed by atoms with Gasteiger partial charge < -0.3 is 15.7 Å². The number of nitrogens with zero attached hydrogens (tertiary/aromatic N) is 1. The minimum Gasteiger partial charge on any atom is -0.396 e. The van der Waals surface area contributed by atoms with Gasteiger partial charge in [-0.3, -0.25) is 4.79 Å². The molecule has 112 valence electrons. The average Bonchev–Trinajstić information content (AvgIpc) is 2.91. The minimum absolute atomic E-state index is 0.0217. The van der Waals surface area contributed by atoms with E-state index in [0.717, 1.165) is 17.6 Å². The molecule has 1 aliphatic rings. The first-order valence-electron chi connectivity index (χ1n) is 6.34. The zero-order valence-electron chi connectivity index (χ0n) is 11.4. The summed E-state index contributed by atoms with van der Waals surface area (Å²) < 4.78 is 23.9. The van der Waals surface area contributed by atoms with Crippen molar-refractivity contribution in [2.75, 3.05) is 30.0 Å². The van der Waals surface area contributed by atoms with Crippen LogP contribution < -0.4 is 10.6 Å². The van der Waals surface area contributed by atoms with Gasteiger partial charge in [-0.1, -0.05) is 6.92 Å². The summed E-state index contributed by atoms with van der Waals surface area (Å²) in [4.78, 5) is 14.0. The molecule has 1 aromatic rings. The van der Waals surface area contributed by atoms with E-state index in [1.165, 1.54) is 0 Å². The summed E-state index contributed by atoms with van der Waals surface area (Å²) in [5.74, 6) is -0.164. The first-order valence-corrected chi connectivity index (χ1v) is 9.05. The molecule has 1 aliphatic heterocycles. The molecule has 0 aromatic carbocycles. The third-order valence-corrected chi connectivity index (χ3v) is 5.87. The molecule has 3 N–H and O–H groups in total. The number of hydrogen-bond acceptors (Lipinski definition) is 7. The first-order chi connectivity index (χ1) is 9.25. The van der Waals surface area contributed by atoms with E-state index in [2.05, 4.69) is 0 Å². The van der Waals surface area contributed by atoms with Crippen molar-refractivity contribution >= 4 is 37.6 Å². The number of Topliss-reactive ketones (excluding diaryl/α,β-unsaturated/α-hetero) is 1. The van der Waals surface area contributed by atoms with Crippen LogP contribution in [0.5, 0.6) is 0 Å². The van der Waals surface area contributed by atoms with Crippen LogP contribution in [0.2, 0.25) is 0 Å². The highest BCUT2D eigenvalue weighted by molar-refractivity contribution is 7.91. The number of carbonyl (C=O) groups is 1. The summed E-state index contributed by atoms with van der Waals surface area (Å²) in [6.07, 6.45) is 1.46. The fourth-order valence-electron chi connectivity index (χ4n) is 2.28. The van der Waals surface area contributed by atoms with E-state index in [-0.39, 0.29) is 22.8 Å². The number of aliphatic hydroxyl groups is 1. The molecular weight excluding hydrogens is 300 g/mol. The van der Waals surface area contributed by atoms with Crippen LogP contribution in [0.3, 0.4) is 0 Å². The predicted molar refractivity (Wildman–Crippen MR) is 79.3 cm³/mol. The van der Waals surface area contributed by atoms with Gasteiger partial charge in [0.2, 0.25) is 0 Å². The number of rotatable bonds is 4. The second-order valence-electron chi connectivity index (χ2n) is 4.92. The number of nitrogen functional groups attached to an aromatic ring is 1. The number of aliphatic hydroxyl groups excluding tert-OH is 1. The number of anilines is 2. The van der Waals surface area contributed by atoms with Crippen molar-refractivity contribution < 1.29 is 18.3 Å². The SMILES string of the molecule is CCC(=O)c1sc(N2CCC(O)C2)c(S(C)(=O)=O)c1N. The third kappa shape index (κ3) is 2.68. The molecule has 0 aliphatic carbocycles. The van der Waals surface area contributed by atoms with Crippen LogP contribution in [-0.2, 0) is 9.84 Å². The Hall–Kier alpha value is -1.12. The molecule has 2 heterocycles. The van der Waals surface area contributed by atoms with E-state index in [1.54, 1.807) is 11.8 Å². The lowest BCUT2D eigenvalue weighted by Gasteiger charge is -2.17. The summed E-state index contributed by atoms with van der Waals surface area (Å²) in [6.45, 7) is 2.63. The van der Waals surface area contributed by atoms with Gasteiger partial charge in [-0.25, -0.2) is 8.42 Å². The van der Waals surface area contributed by atoms with Gasteiger partial charge in [0.25, 0.3) is 0 Å². The number of nitrogens with two attached hydrogens (primary N) is 1. The largest absolute Gasteiger partial charge is 0.396 e. The number of carbonyl (C=O) groups excluding carboxylic acids is 1. The minimum atomic E-state index is -3.53. The zero-order valence-corrected chi connectivity index (χ0v) is 13.1. The number of β-amino-alcohol motifs (C(OH)–C–C–N with tert-alkyl or cyclic N) is 1. The summed E-state index contributed by atoms with van der Waals surface area (Å²) in [6, 6.07) is 0. The molecule has 20 heavy (non-hydrogen) atoms. The second-order valence-corrected chi connectivity index (χ2v) is 7.87. The third-order valence-electron chi connectivity index (χ3n) is 3.28. The molecule has 0 saturated carbocycles. The van der Waals surface area contributed by atoms with Crippen molar-refractivity contribution in [3.05, 3.63) is 4.88 Å². The molecule has 0 spiro atoms. The number of ketones is 1. The fraction of sp³-hybridized carbons (Fsp3) is 0.583. The van der Waals surface area contributed by atoms with Gasteiger partial charge in [0.15, 0.2) is 15.6 Å². The molecule has 1 saturated heterocycles. The second kappa shape index (κ2) is 5.34. The number of hydrogen-bond donors (Lipinski definition) is 2. The molecule has 8 heteroatoms. The molecule has 0 radical (unpaired) electrons. The maximum Gasteiger partial charge on any atom is 0.180 e. The highest BCUT2D eigenvalue weighted by Gasteiger charge is 2.32. The molecule has 1 atom stereocenters. The highest BCUT2D eigenvalue weighted by atomic mass is 32.2. The average molecular weight is 318 g/mol. The van der Waals surface area contributed by atoms with Crippen molar-refractivity contribution in [2.24, 2.45) is 0 Å². The quantitative estimate of drug-likeness (QED) is 0.800. The monoisotopic (exact) mass is 318 g/mol. The predicted octanol–water partition coefficient (Wildman–Crippen LogP) is 0.898. The lowest BCUT2D eigenvalue weighted by molar-refractivity contribution is 0.0992. The van der Waals surface area contributed by atoms with Gasteiger partial charge in [-0.15, -0.1) is 11.3 Å². The van der Waals surface area contributed by atoms with Gasteiger partial charge in [0.05, 0.1) is 16.7 Å². The van der Waals surface area contributed by atoms with Gasteiger partial charge in [-0.05, 0) is 6.42 Å². The fourth-order valence-corrected chi connectivity index (χ4v) is 5.03.